The Balaban J connectivity index is 1.78. The van der Waals surface area contributed by atoms with Crippen LogP contribution in [0.25, 0.3) is 11.2 Å². The Kier molecular flexibility index (Phi) is 3.96. The number of alkyl halides is 2. The minimum Gasteiger partial charge on any atom is -0.368 e. The smallest absolute Gasteiger partial charge is 0.327 e. The summed E-state index contributed by atoms with van der Waals surface area (Å²) in [5, 5.41) is 0.0863. The number of rotatable bonds is 6. The van der Waals surface area contributed by atoms with Crippen molar-refractivity contribution >= 4 is 37.4 Å². The van der Waals surface area contributed by atoms with Crippen LogP contribution in [0.3, 0.4) is 0 Å². The van der Waals surface area contributed by atoms with E-state index in [9.17, 15) is 13.3 Å². The van der Waals surface area contributed by atoms with Crippen molar-refractivity contribution in [3.8, 4) is 0 Å². The third-order valence-corrected chi connectivity index (χ3v) is 4.32. The first-order valence-electron chi connectivity index (χ1n) is 6.41. The average Bonchev–Trinajstić information content (AvgIpc) is 2.79. The predicted octanol–water partition coefficient (Wildman–Crippen LogP) is 2.56. The van der Waals surface area contributed by atoms with Gasteiger partial charge in [-0.25, -0.2) is 18.3 Å². The second-order valence-electron chi connectivity index (χ2n) is 5.03. The number of aromatic nitrogens is 4. The molecule has 2 aromatic rings. The summed E-state index contributed by atoms with van der Waals surface area (Å²) < 4.78 is 43.8. The standard InChI is InChI=1S/C11H11ClF2N5O2P/c12-8-7-9(18-10(15)17-8)19(4-16-7)3-6-5(11(6,13)14)1-2-21-22-20/h4-6H,1-3H2,(H2,15,17,18). The SMILES string of the molecule is Nc1nc(Cl)c2ncn(CC3C(CCOP=O)C3(F)F)c2n1. The molecule has 0 amide bonds. The lowest BCUT2D eigenvalue weighted by atomic mass is 10.2. The Bertz CT molecular complexity index is 728. The van der Waals surface area contributed by atoms with Crippen molar-refractivity contribution in [2.75, 3.05) is 12.3 Å². The van der Waals surface area contributed by atoms with Crippen LogP contribution in [-0.2, 0) is 15.6 Å². The highest BCUT2D eigenvalue weighted by Gasteiger charge is 2.67. The lowest BCUT2D eigenvalue weighted by molar-refractivity contribution is 0.0780. The lowest BCUT2D eigenvalue weighted by Crippen LogP contribution is -2.06. The van der Waals surface area contributed by atoms with Crippen LogP contribution in [0.2, 0.25) is 5.15 Å². The van der Waals surface area contributed by atoms with Gasteiger partial charge < -0.3 is 10.3 Å². The Labute approximate surface area is 130 Å². The Morgan fingerprint density at radius 2 is 2.23 bits per heavy atom. The van der Waals surface area contributed by atoms with Crippen LogP contribution < -0.4 is 5.73 Å². The third-order valence-electron chi connectivity index (χ3n) is 3.77. The number of imidazole rings is 1. The molecule has 2 atom stereocenters. The highest BCUT2D eigenvalue weighted by atomic mass is 35.5. The molecule has 0 bridgehead atoms. The van der Waals surface area contributed by atoms with Gasteiger partial charge >= 0.3 is 8.69 Å². The van der Waals surface area contributed by atoms with Crippen molar-refractivity contribution in [3.63, 3.8) is 0 Å². The molecule has 7 nitrogen and oxygen atoms in total. The van der Waals surface area contributed by atoms with Crippen LogP contribution in [0.5, 0.6) is 0 Å². The summed E-state index contributed by atoms with van der Waals surface area (Å²) in [7, 11) is -0.503. The maximum absolute atomic E-state index is 13.8. The molecule has 1 aliphatic rings. The molecule has 0 radical (unpaired) electrons. The van der Waals surface area contributed by atoms with Crippen molar-refractivity contribution in [2.24, 2.45) is 11.8 Å². The first-order valence-corrected chi connectivity index (χ1v) is 7.52. The number of nitrogens with zero attached hydrogens (tertiary/aromatic N) is 4. The fourth-order valence-corrected chi connectivity index (χ4v) is 2.99. The molecule has 22 heavy (non-hydrogen) atoms. The normalized spacial score (nSPS) is 23.2. The molecule has 2 N–H and O–H groups in total. The molecule has 118 valence electrons. The summed E-state index contributed by atoms with van der Waals surface area (Å²) in [6, 6.07) is 0. The van der Waals surface area contributed by atoms with Crippen LogP contribution in [0.1, 0.15) is 6.42 Å². The summed E-state index contributed by atoms with van der Waals surface area (Å²) in [6.45, 7) is 0.0590. The molecule has 11 heteroatoms. The molecule has 1 fully saturated rings. The summed E-state index contributed by atoms with van der Waals surface area (Å²) in [5.74, 6) is -4.50. The number of hydrogen-bond acceptors (Lipinski definition) is 6. The Morgan fingerprint density at radius 3 is 2.95 bits per heavy atom. The second kappa shape index (κ2) is 5.64. The molecule has 0 aromatic carbocycles. The molecular formula is C11H11ClF2N5O2P. The van der Waals surface area contributed by atoms with Gasteiger partial charge in [-0.15, -0.1) is 0 Å². The van der Waals surface area contributed by atoms with Gasteiger partial charge in [0.2, 0.25) is 5.95 Å². The van der Waals surface area contributed by atoms with Gasteiger partial charge in [0.15, 0.2) is 10.8 Å². The van der Waals surface area contributed by atoms with Gasteiger partial charge in [-0.2, -0.15) is 9.97 Å². The summed E-state index contributed by atoms with van der Waals surface area (Å²) in [6.07, 6.45) is 1.53. The van der Waals surface area contributed by atoms with Crippen LogP contribution in [0.4, 0.5) is 14.7 Å². The molecule has 1 saturated carbocycles. The van der Waals surface area contributed by atoms with E-state index in [1.165, 1.54) is 10.9 Å². The summed E-state index contributed by atoms with van der Waals surface area (Å²) in [4.78, 5) is 11.8. The first kappa shape index (κ1) is 15.5. The van der Waals surface area contributed by atoms with E-state index in [0.717, 1.165) is 0 Å². The molecule has 2 unspecified atom stereocenters. The van der Waals surface area contributed by atoms with Gasteiger partial charge in [0.25, 0.3) is 5.92 Å². The van der Waals surface area contributed by atoms with Crippen LogP contribution in [-0.4, -0.2) is 32.0 Å². The van der Waals surface area contributed by atoms with Crippen molar-refractivity contribution in [3.05, 3.63) is 11.5 Å². The Morgan fingerprint density at radius 1 is 1.45 bits per heavy atom. The van der Waals surface area contributed by atoms with Gasteiger partial charge in [0.1, 0.15) is 5.52 Å². The quantitative estimate of drug-likeness (QED) is 0.489. The van der Waals surface area contributed by atoms with Gasteiger partial charge in [-0.3, -0.25) is 4.52 Å². The molecule has 1 aliphatic carbocycles. The highest BCUT2D eigenvalue weighted by molar-refractivity contribution is 7.17. The molecular weight excluding hydrogens is 339 g/mol. The molecule has 2 aromatic heterocycles. The van der Waals surface area contributed by atoms with Gasteiger partial charge in [-0.1, -0.05) is 11.6 Å². The van der Waals surface area contributed by atoms with E-state index in [2.05, 4.69) is 19.5 Å². The number of hydrogen-bond donors (Lipinski definition) is 1. The number of nitrogens with two attached hydrogens (primary N) is 1. The van der Waals surface area contributed by atoms with Crippen molar-refractivity contribution in [1.29, 1.82) is 0 Å². The van der Waals surface area contributed by atoms with E-state index in [-0.39, 0.29) is 30.7 Å². The molecule has 0 aliphatic heterocycles. The fraction of sp³-hybridized carbons (Fsp3) is 0.545. The number of fused-ring (bicyclic) bond motifs is 1. The van der Waals surface area contributed by atoms with Gasteiger partial charge in [-0.05, 0) is 6.42 Å². The monoisotopic (exact) mass is 349 g/mol. The lowest BCUT2D eigenvalue weighted by Gasteiger charge is -2.03. The van der Waals surface area contributed by atoms with E-state index in [1.54, 1.807) is 0 Å². The molecule has 2 heterocycles. The summed E-state index contributed by atoms with van der Waals surface area (Å²) >= 11 is 5.90. The van der Waals surface area contributed by atoms with Crippen LogP contribution in [0.15, 0.2) is 6.33 Å². The number of nitrogen functional groups attached to an aromatic ring is 1. The van der Waals surface area contributed by atoms with Crippen molar-refractivity contribution in [2.45, 2.75) is 18.9 Å². The van der Waals surface area contributed by atoms with Crippen LogP contribution >= 0.6 is 20.3 Å². The van der Waals surface area contributed by atoms with Crippen molar-refractivity contribution < 1.29 is 17.9 Å². The molecule has 0 spiro atoms. The average molecular weight is 350 g/mol. The van der Waals surface area contributed by atoms with E-state index in [0.29, 0.717) is 11.2 Å². The number of anilines is 1. The zero-order valence-electron chi connectivity index (χ0n) is 11.1. The molecule has 0 saturated heterocycles. The van der Waals surface area contributed by atoms with Crippen LogP contribution in [0, 0.1) is 11.8 Å². The summed E-state index contributed by atoms with van der Waals surface area (Å²) in [5.41, 5.74) is 6.17. The van der Waals surface area contributed by atoms with Crippen molar-refractivity contribution in [1.82, 2.24) is 19.5 Å². The van der Waals surface area contributed by atoms with E-state index in [1.807, 2.05) is 0 Å². The maximum Gasteiger partial charge on any atom is 0.327 e. The van der Waals surface area contributed by atoms with Gasteiger partial charge in [0.05, 0.1) is 12.9 Å². The second-order valence-corrected chi connectivity index (χ2v) is 5.79. The minimum atomic E-state index is -2.79. The minimum absolute atomic E-state index is 0.0213. The fourth-order valence-electron chi connectivity index (χ4n) is 2.59. The zero-order valence-corrected chi connectivity index (χ0v) is 12.8. The van der Waals surface area contributed by atoms with E-state index in [4.69, 9.17) is 17.3 Å². The van der Waals surface area contributed by atoms with Gasteiger partial charge in [0, 0.05) is 18.4 Å². The predicted molar refractivity (Wildman–Crippen MR) is 74.8 cm³/mol. The topological polar surface area (TPSA) is 95.9 Å². The van der Waals surface area contributed by atoms with E-state index >= 15 is 0 Å². The highest BCUT2D eigenvalue weighted by Crippen LogP contribution is 2.58. The van der Waals surface area contributed by atoms with E-state index < -0.39 is 26.4 Å². The third kappa shape index (κ3) is 2.64. The first-order chi connectivity index (χ1) is 10.4. The molecule has 3 rings (SSSR count). The maximum atomic E-state index is 13.8. The largest absolute Gasteiger partial charge is 0.368 e. The Hall–Kier alpha value is -1.44. The number of halogens is 3. The zero-order chi connectivity index (χ0) is 15.9.